The summed E-state index contributed by atoms with van der Waals surface area (Å²) in [6.45, 7) is 1.32. The molecule has 0 spiro atoms. The summed E-state index contributed by atoms with van der Waals surface area (Å²) in [5.41, 5.74) is 0.508. The Kier molecular flexibility index (Phi) is 3.54. The number of aliphatic hydroxyl groups excluding tert-OH is 1. The predicted octanol–water partition coefficient (Wildman–Crippen LogP) is 1.41. The van der Waals surface area contributed by atoms with Crippen LogP contribution in [0.4, 0.5) is 0 Å². The molecule has 1 aliphatic rings. The second kappa shape index (κ2) is 4.94. The SMILES string of the molecule is COc1cc(Cl)ccc1C(=O)N1CC(CO)C1. The topological polar surface area (TPSA) is 49.8 Å². The van der Waals surface area contributed by atoms with Crippen molar-refractivity contribution in [3.8, 4) is 5.75 Å². The summed E-state index contributed by atoms with van der Waals surface area (Å²) in [6.07, 6.45) is 0. The molecule has 1 saturated heterocycles. The molecular formula is C12H14ClNO3. The van der Waals surface area contributed by atoms with E-state index in [1.807, 2.05) is 0 Å². The van der Waals surface area contributed by atoms with Gasteiger partial charge in [0.1, 0.15) is 5.75 Å². The van der Waals surface area contributed by atoms with Crippen molar-refractivity contribution >= 4 is 17.5 Å². The number of amides is 1. The van der Waals surface area contributed by atoms with Crippen LogP contribution < -0.4 is 4.74 Å². The van der Waals surface area contributed by atoms with E-state index in [1.165, 1.54) is 7.11 Å². The molecule has 17 heavy (non-hydrogen) atoms. The second-order valence-electron chi connectivity index (χ2n) is 4.10. The van der Waals surface area contributed by atoms with E-state index in [0.29, 0.717) is 29.4 Å². The maximum absolute atomic E-state index is 12.1. The van der Waals surface area contributed by atoms with E-state index in [9.17, 15) is 4.79 Å². The highest BCUT2D eigenvalue weighted by Gasteiger charge is 2.31. The lowest BCUT2D eigenvalue weighted by atomic mass is 10.00. The van der Waals surface area contributed by atoms with E-state index in [1.54, 1.807) is 23.1 Å². The quantitative estimate of drug-likeness (QED) is 0.889. The molecule has 1 N–H and O–H groups in total. The standard InChI is InChI=1S/C12H14ClNO3/c1-17-11-4-9(13)2-3-10(11)12(16)14-5-8(6-14)7-15/h2-4,8,15H,5-7H2,1H3. The first-order valence-electron chi connectivity index (χ1n) is 5.39. The molecule has 1 aromatic rings. The van der Waals surface area contributed by atoms with Crippen molar-refractivity contribution in [3.05, 3.63) is 28.8 Å². The molecule has 5 heteroatoms. The number of likely N-dealkylation sites (tertiary alicyclic amines) is 1. The molecule has 1 fully saturated rings. The highest BCUT2D eigenvalue weighted by Crippen LogP contribution is 2.26. The lowest BCUT2D eigenvalue weighted by Crippen LogP contribution is -2.51. The summed E-state index contributed by atoms with van der Waals surface area (Å²) in [5, 5.41) is 9.45. The number of aliphatic hydroxyl groups is 1. The van der Waals surface area contributed by atoms with E-state index in [4.69, 9.17) is 21.4 Å². The van der Waals surface area contributed by atoms with Gasteiger partial charge in [-0.3, -0.25) is 4.79 Å². The zero-order valence-electron chi connectivity index (χ0n) is 9.52. The van der Waals surface area contributed by atoms with Crippen molar-refractivity contribution in [2.45, 2.75) is 0 Å². The minimum Gasteiger partial charge on any atom is -0.496 e. The number of benzene rings is 1. The molecule has 0 bridgehead atoms. The summed E-state index contributed by atoms with van der Waals surface area (Å²) in [4.78, 5) is 13.8. The largest absolute Gasteiger partial charge is 0.496 e. The number of nitrogens with zero attached hydrogens (tertiary/aromatic N) is 1. The van der Waals surface area contributed by atoms with Gasteiger partial charge in [-0.15, -0.1) is 0 Å². The van der Waals surface area contributed by atoms with Crippen molar-refractivity contribution in [2.75, 3.05) is 26.8 Å². The molecule has 1 heterocycles. The normalized spacial score (nSPS) is 15.6. The fraction of sp³-hybridized carbons (Fsp3) is 0.417. The molecule has 0 aromatic heterocycles. The number of halogens is 1. The minimum atomic E-state index is -0.0804. The monoisotopic (exact) mass is 255 g/mol. The Morgan fingerprint density at radius 1 is 1.59 bits per heavy atom. The van der Waals surface area contributed by atoms with Crippen molar-refractivity contribution < 1.29 is 14.6 Å². The van der Waals surface area contributed by atoms with Crippen LogP contribution in [0.2, 0.25) is 5.02 Å². The van der Waals surface area contributed by atoms with Gasteiger partial charge in [0.05, 0.1) is 12.7 Å². The predicted molar refractivity (Wildman–Crippen MR) is 64.5 cm³/mol. The van der Waals surface area contributed by atoms with Gasteiger partial charge in [-0.25, -0.2) is 0 Å². The zero-order valence-corrected chi connectivity index (χ0v) is 10.3. The molecule has 92 valence electrons. The van der Waals surface area contributed by atoms with Crippen LogP contribution in [-0.2, 0) is 0 Å². The van der Waals surface area contributed by atoms with Crippen molar-refractivity contribution in [1.82, 2.24) is 4.90 Å². The van der Waals surface area contributed by atoms with Gasteiger partial charge in [0.25, 0.3) is 5.91 Å². The van der Waals surface area contributed by atoms with Gasteiger partial charge in [0.2, 0.25) is 0 Å². The number of rotatable bonds is 3. The van der Waals surface area contributed by atoms with Gasteiger partial charge in [-0.2, -0.15) is 0 Å². The average Bonchev–Trinajstić information content (AvgIpc) is 2.27. The third-order valence-electron chi connectivity index (χ3n) is 2.90. The Labute approximate surface area is 105 Å². The van der Waals surface area contributed by atoms with Gasteiger partial charge in [-0.05, 0) is 18.2 Å². The van der Waals surface area contributed by atoms with Crippen LogP contribution >= 0.6 is 11.6 Å². The fourth-order valence-electron chi connectivity index (χ4n) is 1.86. The number of methoxy groups -OCH3 is 1. The third-order valence-corrected chi connectivity index (χ3v) is 3.13. The Balaban J connectivity index is 2.14. The maximum Gasteiger partial charge on any atom is 0.257 e. The van der Waals surface area contributed by atoms with Gasteiger partial charge in [0.15, 0.2) is 0 Å². The van der Waals surface area contributed by atoms with Gasteiger partial charge >= 0.3 is 0 Å². The first-order valence-corrected chi connectivity index (χ1v) is 5.77. The smallest absolute Gasteiger partial charge is 0.257 e. The Morgan fingerprint density at radius 2 is 2.29 bits per heavy atom. The lowest BCUT2D eigenvalue weighted by molar-refractivity contribution is 0.0359. The molecule has 0 aliphatic carbocycles. The first-order chi connectivity index (χ1) is 8.15. The molecule has 4 nitrogen and oxygen atoms in total. The minimum absolute atomic E-state index is 0.0804. The number of hydrogen-bond acceptors (Lipinski definition) is 3. The maximum atomic E-state index is 12.1. The summed E-state index contributed by atoms with van der Waals surface area (Å²) in [6, 6.07) is 4.95. The molecule has 0 radical (unpaired) electrons. The highest BCUT2D eigenvalue weighted by molar-refractivity contribution is 6.30. The summed E-state index contributed by atoms with van der Waals surface area (Å²) in [7, 11) is 1.51. The molecular weight excluding hydrogens is 242 g/mol. The lowest BCUT2D eigenvalue weighted by Gasteiger charge is -2.38. The molecule has 0 atom stereocenters. The van der Waals surface area contributed by atoms with E-state index < -0.39 is 0 Å². The number of ether oxygens (including phenoxy) is 1. The summed E-state index contributed by atoms with van der Waals surface area (Å²) >= 11 is 5.84. The molecule has 1 aromatic carbocycles. The van der Waals surface area contributed by atoms with Crippen LogP contribution in [0.25, 0.3) is 0 Å². The van der Waals surface area contributed by atoms with Gasteiger partial charge < -0.3 is 14.7 Å². The van der Waals surface area contributed by atoms with E-state index in [-0.39, 0.29) is 18.4 Å². The fourth-order valence-corrected chi connectivity index (χ4v) is 2.03. The van der Waals surface area contributed by atoms with Crippen LogP contribution in [0.15, 0.2) is 18.2 Å². The Hall–Kier alpha value is -1.26. The molecule has 2 rings (SSSR count). The van der Waals surface area contributed by atoms with Crippen LogP contribution in [0, 0.1) is 5.92 Å². The van der Waals surface area contributed by atoms with Gasteiger partial charge in [0, 0.05) is 30.6 Å². The van der Waals surface area contributed by atoms with Crippen molar-refractivity contribution in [2.24, 2.45) is 5.92 Å². The molecule has 1 aliphatic heterocycles. The summed E-state index contributed by atoms with van der Waals surface area (Å²) < 4.78 is 5.14. The van der Waals surface area contributed by atoms with Crippen molar-refractivity contribution in [1.29, 1.82) is 0 Å². The highest BCUT2D eigenvalue weighted by atomic mass is 35.5. The molecule has 0 saturated carbocycles. The second-order valence-corrected chi connectivity index (χ2v) is 4.54. The zero-order chi connectivity index (χ0) is 12.4. The van der Waals surface area contributed by atoms with E-state index >= 15 is 0 Å². The van der Waals surface area contributed by atoms with E-state index in [0.717, 1.165) is 0 Å². The van der Waals surface area contributed by atoms with Crippen molar-refractivity contribution in [3.63, 3.8) is 0 Å². The van der Waals surface area contributed by atoms with Crippen LogP contribution in [0.1, 0.15) is 10.4 Å². The van der Waals surface area contributed by atoms with Crippen LogP contribution in [-0.4, -0.2) is 42.7 Å². The third kappa shape index (κ3) is 2.37. The number of hydrogen-bond donors (Lipinski definition) is 1. The Bertz CT molecular complexity index is 430. The molecule has 1 amide bonds. The average molecular weight is 256 g/mol. The number of carbonyl (C=O) groups excluding carboxylic acids is 1. The summed E-state index contributed by atoms with van der Waals surface area (Å²) in [5.74, 6) is 0.607. The number of carbonyl (C=O) groups is 1. The first kappa shape index (κ1) is 12.2. The van der Waals surface area contributed by atoms with Crippen LogP contribution in [0.3, 0.4) is 0 Å². The molecule has 0 unspecified atom stereocenters. The van der Waals surface area contributed by atoms with Crippen LogP contribution in [0.5, 0.6) is 5.75 Å². The Morgan fingerprint density at radius 3 is 2.88 bits per heavy atom. The van der Waals surface area contributed by atoms with E-state index in [2.05, 4.69) is 0 Å². The van der Waals surface area contributed by atoms with Gasteiger partial charge in [-0.1, -0.05) is 11.6 Å².